The molecule has 32 heavy (non-hydrogen) atoms. The molecule has 0 aliphatic rings. The Bertz CT molecular complexity index is 1370. The van der Waals surface area contributed by atoms with Crippen LogP contribution in [0.1, 0.15) is 5.56 Å². The van der Waals surface area contributed by atoms with Crippen molar-refractivity contribution in [3.63, 3.8) is 0 Å². The van der Waals surface area contributed by atoms with Gasteiger partial charge in [-0.1, -0.05) is 6.07 Å². The fourth-order valence-corrected chi connectivity index (χ4v) is 3.54. The summed E-state index contributed by atoms with van der Waals surface area (Å²) in [6, 6.07) is 10.1. The molecule has 0 aliphatic carbocycles. The van der Waals surface area contributed by atoms with Crippen molar-refractivity contribution in [2.75, 3.05) is 25.1 Å². The minimum Gasteiger partial charge on any atom is -0.395 e. The molecule has 0 aliphatic heterocycles. The maximum Gasteiger partial charge on any atom is 0.256 e. The van der Waals surface area contributed by atoms with E-state index < -0.39 is 28.7 Å². The van der Waals surface area contributed by atoms with Gasteiger partial charge in [0.2, 0.25) is 5.95 Å². The molecular weight excluding hydrogens is 421 g/mol. The summed E-state index contributed by atoms with van der Waals surface area (Å²) >= 11 is 0. The van der Waals surface area contributed by atoms with Gasteiger partial charge in [0.1, 0.15) is 23.1 Å². The van der Waals surface area contributed by atoms with E-state index in [2.05, 4.69) is 9.97 Å². The molecule has 0 amide bonds. The molecule has 0 radical (unpaired) electrons. The van der Waals surface area contributed by atoms with Gasteiger partial charge in [0.15, 0.2) is 5.65 Å². The third-order valence-corrected chi connectivity index (χ3v) is 5.12. The largest absolute Gasteiger partial charge is 0.395 e. The van der Waals surface area contributed by atoms with Gasteiger partial charge >= 0.3 is 0 Å². The molecule has 0 bridgehead atoms. The lowest BCUT2D eigenvalue weighted by molar-refractivity contribution is 0.303. The summed E-state index contributed by atoms with van der Waals surface area (Å²) in [7, 11) is 1.63. The third-order valence-electron chi connectivity index (χ3n) is 5.12. The van der Waals surface area contributed by atoms with E-state index in [9.17, 15) is 23.1 Å². The van der Waals surface area contributed by atoms with Gasteiger partial charge in [-0.15, -0.1) is 0 Å². The van der Waals surface area contributed by atoms with Crippen molar-refractivity contribution in [1.82, 2.24) is 14.5 Å². The number of fused-ring (bicyclic) bond motifs is 1. The summed E-state index contributed by atoms with van der Waals surface area (Å²) in [5.74, 6) is -2.15. The standard InChI is InChI=1S/C23H19F3N4O2/c1-13-12-14(24)6-7-15(13)20-16-8-9-19(32)30(21-17(25)4-3-5-18(21)26)22(16)28-23(27-20)29(2)10-11-31/h3-9,12,31H,10-11H2,1-2H3. The highest BCUT2D eigenvalue weighted by atomic mass is 19.1. The van der Waals surface area contributed by atoms with E-state index in [0.717, 1.165) is 16.7 Å². The molecule has 0 fully saturated rings. The molecule has 9 heteroatoms. The second-order valence-corrected chi connectivity index (χ2v) is 7.29. The van der Waals surface area contributed by atoms with E-state index in [1.54, 1.807) is 24.9 Å². The number of nitrogens with zero attached hydrogens (tertiary/aromatic N) is 4. The first-order chi connectivity index (χ1) is 15.3. The van der Waals surface area contributed by atoms with E-state index in [-0.39, 0.29) is 24.7 Å². The zero-order valence-electron chi connectivity index (χ0n) is 17.3. The second kappa shape index (κ2) is 8.43. The van der Waals surface area contributed by atoms with Crippen molar-refractivity contribution in [2.45, 2.75) is 6.92 Å². The van der Waals surface area contributed by atoms with Crippen molar-refractivity contribution in [3.8, 4) is 16.9 Å². The summed E-state index contributed by atoms with van der Waals surface area (Å²) in [6.07, 6.45) is 0. The maximum atomic E-state index is 14.6. The molecule has 4 rings (SSSR count). The Kier molecular flexibility index (Phi) is 5.67. The molecule has 2 heterocycles. The van der Waals surface area contributed by atoms with Gasteiger partial charge < -0.3 is 10.0 Å². The second-order valence-electron chi connectivity index (χ2n) is 7.29. The Morgan fingerprint density at radius 3 is 2.41 bits per heavy atom. The summed E-state index contributed by atoms with van der Waals surface area (Å²) in [5.41, 5.74) is 0.247. The summed E-state index contributed by atoms with van der Waals surface area (Å²) in [5, 5.41) is 9.68. The SMILES string of the molecule is Cc1cc(F)ccc1-c1nc(N(C)CCO)nc2c1ccc(=O)n2-c1c(F)cccc1F. The van der Waals surface area contributed by atoms with E-state index in [1.165, 1.54) is 30.3 Å². The van der Waals surface area contributed by atoms with Crippen molar-refractivity contribution < 1.29 is 18.3 Å². The Morgan fingerprint density at radius 2 is 1.75 bits per heavy atom. The number of aliphatic hydroxyl groups excluding tert-OH is 1. The van der Waals surface area contributed by atoms with Gasteiger partial charge in [-0.2, -0.15) is 4.98 Å². The monoisotopic (exact) mass is 440 g/mol. The van der Waals surface area contributed by atoms with E-state index in [1.807, 2.05) is 0 Å². The highest BCUT2D eigenvalue weighted by molar-refractivity contribution is 5.93. The molecule has 2 aromatic carbocycles. The van der Waals surface area contributed by atoms with E-state index >= 15 is 0 Å². The average molecular weight is 440 g/mol. The van der Waals surface area contributed by atoms with Crippen molar-refractivity contribution in [3.05, 3.63) is 81.9 Å². The van der Waals surface area contributed by atoms with Crippen LogP contribution in [0.25, 0.3) is 28.0 Å². The Morgan fingerprint density at radius 1 is 1.03 bits per heavy atom. The zero-order chi connectivity index (χ0) is 23.0. The molecule has 0 saturated heterocycles. The number of aliphatic hydroxyl groups is 1. The molecule has 2 aromatic heterocycles. The minimum atomic E-state index is -0.928. The lowest BCUT2D eigenvalue weighted by Crippen LogP contribution is -2.26. The number of hydrogen-bond acceptors (Lipinski definition) is 5. The highest BCUT2D eigenvalue weighted by Gasteiger charge is 2.21. The maximum absolute atomic E-state index is 14.6. The number of pyridine rings is 1. The van der Waals surface area contributed by atoms with Gasteiger partial charge in [0.05, 0.1) is 12.3 Å². The number of likely N-dealkylation sites (N-methyl/N-ethyl adjacent to an activating group) is 1. The normalized spacial score (nSPS) is 11.2. The van der Waals surface area contributed by atoms with Gasteiger partial charge in [-0.05, 0) is 48.9 Å². The molecule has 6 nitrogen and oxygen atoms in total. The lowest BCUT2D eigenvalue weighted by Gasteiger charge is -2.20. The Labute approximate surface area is 181 Å². The van der Waals surface area contributed by atoms with Crippen LogP contribution in [0.2, 0.25) is 0 Å². The van der Waals surface area contributed by atoms with Gasteiger partial charge in [0, 0.05) is 30.6 Å². The molecule has 0 atom stereocenters. The highest BCUT2D eigenvalue weighted by Crippen LogP contribution is 2.31. The average Bonchev–Trinajstić information content (AvgIpc) is 2.74. The molecular formula is C23H19F3N4O2. The fourth-order valence-electron chi connectivity index (χ4n) is 3.54. The molecule has 164 valence electrons. The predicted molar refractivity (Wildman–Crippen MR) is 116 cm³/mol. The molecule has 4 aromatic rings. The Hall–Kier alpha value is -3.72. The van der Waals surface area contributed by atoms with Crippen LogP contribution >= 0.6 is 0 Å². The third kappa shape index (κ3) is 3.71. The van der Waals surface area contributed by atoms with Crippen molar-refractivity contribution >= 4 is 17.0 Å². The van der Waals surface area contributed by atoms with Gasteiger partial charge in [0.25, 0.3) is 5.56 Å². The fraction of sp³-hybridized carbons (Fsp3) is 0.174. The lowest BCUT2D eigenvalue weighted by atomic mass is 10.0. The number of hydrogen-bond donors (Lipinski definition) is 1. The molecule has 1 N–H and O–H groups in total. The van der Waals surface area contributed by atoms with Crippen molar-refractivity contribution in [2.24, 2.45) is 0 Å². The van der Waals surface area contributed by atoms with Crippen LogP contribution in [0.5, 0.6) is 0 Å². The number of anilines is 1. The van der Waals surface area contributed by atoms with Crippen LogP contribution in [-0.4, -0.2) is 39.8 Å². The number of aryl methyl sites for hydroxylation is 1. The van der Waals surface area contributed by atoms with Gasteiger partial charge in [-0.25, -0.2) is 18.2 Å². The smallest absolute Gasteiger partial charge is 0.256 e. The Balaban J connectivity index is 2.15. The van der Waals surface area contributed by atoms with Crippen LogP contribution in [0.4, 0.5) is 19.1 Å². The van der Waals surface area contributed by atoms with E-state index in [0.29, 0.717) is 22.2 Å². The summed E-state index contributed by atoms with van der Waals surface area (Å²) in [6.45, 7) is 1.70. The van der Waals surface area contributed by atoms with Gasteiger partial charge in [-0.3, -0.25) is 9.36 Å². The summed E-state index contributed by atoms with van der Waals surface area (Å²) in [4.78, 5) is 23.3. The zero-order valence-corrected chi connectivity index (χ0v) is 17.3. The number of rotatable bonds is 5. The topological polar surface area (TPSA) is 71.2 Å². The van der Waals surface area contributed by atoms with Crippen LogP contribution in [0.3, 0.4) is 0 Å². The molecule has 0 saturated carbocycles. The van der Waals surface area contributed by atoms with Crippen LogP contribution < -0.4 is 10.5 Å². The minimum absolute atomic E-state index is 0.0185. The molecule has 0 unspecified atom stereocenters. The first kappa shape index (κ1) is 21.5. The molecule has 0 spiro atoms. The first-order valence-electron chi connectivity index (χ1n) is 9.78. The van der Waals surface area contributed by atoms with E-state index in [4.69, 9.17) is 0 Å². The quantitative estimate of drug-likeness (QED) is 0.514. The van der Waals surface area contributed by atoms with Crippen molar-refractivity contribution in [1.29, 1.82) is 0 Å². The number of halogens is 3. The number of para-hydroxylation sites is 1. The predicted octanol–water partition coefficient (Wildman–Crippen LogP) is 3.60. The number of benzene rings is 2. The van der Waals surface area contributed by atoms with Crippen LogP contribution in [0.15, 0.2) is 53.3 Å². The summed E-state index contributed by atoms with van der Waals surface area (Å²) < 4.78 is 43.8. The van der Waals surface area contributed by atoms with Crippen LogP contribution in [-0.2, 0) is 0 Å². The van der Waals surface area contributed by atoms with Crippen LogP contribution in [0, 0.1) is 24.4 Å². The number of aromatic nitrogens is 3. The first-order valence-corrected chi connectivity index (χ1v) is 9.78.